The Kier molecular flexibility index (Phi) is 4.96. The predicted molar refractivity (Wildman–Crippen MR) is 106 cm³/mol. The van der Waals surface area contributed by atoms with E-state index in [2.05, 4.69) is 20.7 Å². The molecule has 4 rings (SSSR count). The van der Waals surface area contributed by atoms with Gasteiger partial charge in [-0.3, -0.25) is 4.79 Å². The Bertz CT molecular complexity index is 972. The third-order valence-corrected chi connectivity index (χ3v) is 5.22. The van der Waals surface area contributed by atoms with Gasteiger partial charge in [-0.15, -0.1) is 5.10 Å². The van der Waals surface area contributed by atoms with E-state index >= 15 is 0 Å². The first-order valence-electron chi connectivity index (χ1n) is 9.04. The van der Waals surface area contributed by atoms with Gasteiger partial charge in [0.15, 0.2) is 0 Å². The number of benzene rings is 1. The molecule has 8 heteroatoms. The summed E-state index contributed by atoms with van der Waals surface area (Å²) < 4.78 is 1.58. The van der Waals surface area contributed by atoms with Gasteiger partial charge in [-0.05, 0) is 37.1 Å². The number of nitrogens with two attached hydrogens (primary N) is 1. The van der Waals surface area contributed by atoms with Crippen molar-refractivity contribution in [1.29, 1.82) is 0 Å². The number of fused-ring (bicyclic) bond motifs is 1. The minimum atomic E-state index is -0.290. The Balaban J connectivity index is 1.58. The Hall–Kier alpha value is -2.64. The summed E-state index contributed by atoms with van der Waals surface area (Å²) in [6.45, 7) is 0. The zero-order valence-electron chi connectivity index (χ0n) is 14.7. The van der Waals surface area contributed by atoms with E-state index in [4.69, 9.17) is 17.3 Å². The highest BCUT2D eigenvalue weighted by Gasteiger charge is 2.23. The molecular formula is C19H21ClN6O. The highest BCUT2D eigenvalue weighted by molar-refractivity contribution is 6.33. The molecule has 1 saturated carbocycles. The van der Waals surface area contributed by atoms with Crippen LogP contribution in [0.1, 0.15) is 36.2 Å². The number of carbonyl (C=O) groups is 1. The van der Waals surface area contributed by atoms with Crippen LogP contribution in [0.4, 0.5) is 11.6 Å². The zero-order valence-corrected chi connectivity index (χ0v) is 15.5. The summed E-state index contributed by atoms with van der Waals surface area (Å²) >= 11 is 6.13. The molecule has 1 amide bonds. The quantitative estimate of drug-likeness (QED) is 0.641. The molecule has 1 aromatic carbocycles. The van der Waals surface area contributed by atoms with Gasteiger partial charge in [0.05, 0.1) is 22.4 Å². The summed E-state index contributed by atoms with van der Waals surface area (Å²) in [7, 11) is 0. The number of amides is 1. The second-order valence-corrected chi connectivity index (χ2v) is 7.18. The lowest BCUT2D eigenvalue weighted by molar-refractivity contribution is 0.102. The van der Waals surface area contributed by atoms with E-state index < -0.39 is 0 Å². The summed E-state index contributed by atoms with van der Waals surface area (Å²) in [6, 6.07) is 10.9. The maximum atomic E-state index is 12.7. The maximum absolute atomic E-state index is 12.7. The van der Waals surface area contributed by atoms with Gasteiger partial charge >= 0.3 is 0 Å². The number of nitrogens with zero attached hydrogens (tertiary/aromatic N) is 3. The minimum absolute atomic E-state index is 0.0886. The number of hydrogen-bond acceptors (Lipinski definition) is 5. The second kappa shape index (κ2) is 7.54. The van der Waals surface area contributed by atoms with E-state index in [9.17, 15) is 4.79 Å². The molecule has 0 unspecified atom stereocenters. The van der Waals surface area contributed by atoms with E-state index in [0.717, 1.165) is 31.2 Å². The van der Waals surface area contributed by atoms with Crippen molar-refractivity contribution >= 4 is 34.7 Å². The van der Waals surface area contributed by atoms with Gasteiger partial charge in [0, 0.05) is 12.1 Å². The van der Waals surface area contributed by atoms with Crippen LogP contribution in [0.2, 0.25) is 5.02 Å². The number of anilines is 2. The van der Waals surface area contributed by atoms with Crippen LogP contribution in [0, 0.1) is 0 Å². The molecule has 3 aromatic rings. The predicted octanol–water partition coefficient (Wildman–Crippen LogP) is 3.32. The molecule has 2 atom stereocenters. The van der Waals surface area contributed by atoms with Crippen LogP contribution >= 0.6 is 11.6 Å². The molecule has 4 N–H and O–H groups in total. The van der Waals surface area contributed by atoms with E-state index in [1.54, 1.807) is 35.0 Å². The number of para-hydroxylation sites is 1. The molecule has 2 heterocycles. The van der Waals surface area contributed by atoms with E-state index in [1.165, 1.54) is 0 Å². The fourth-order valence-electron chi connectivity index (χ4n) is 3.39. The van der Waals surface area contributed by atoms with Gasteiger partial charge in [-0.25, -0.2) is 9.50 Å². The van der Waals surface area contributed by atoms with Crippen LogP contribution < -0.4 is 16.4 Å². The maximum Gasteiger partial charge on any atom is 0.274 e. The van der Waals surface area contributed by atoms with Crippen LogP contribution in [0.5, 0.6) is 0 Å². The Labute approximate surface area is 161 Å². The minimum Gasteiger partial charge on any atom is -0.349 e. The number of carbonyl (C=O) groups excluding carboxylic acids is 1. The zero-order chi connectivity index (χ0) is 18.8. The molecule has 1 aliphatic rings. The molecule has 27 heavy (non-hydrogen) atoms. The largest absolute Gasteiger partial charge is 0.349 e. The average Bonchev–Trinajstić information content (AvgIpc) is 3.09. The molecule has 0 spiro atoms. The monoisotopic (exact) mass is 384 g/mol. The summed E-state index contributed by atoms with van der Waals surface area (Å²) in [5.41, 5.74) is 7.89. The van der Waals surface area contributed by atoms with Crippen molar-refractivity contribution in [3.8, 4) is 0 Å². The van der Waals surface area contributed by atoms with Crippen LogP contribution in [0.3, 0.4) is 0 Å². The molecule has 0 bridgehead atoms. The molecule has 1 aliphatic carbocycles. The molecule has 7 nitrogen and oxygen atoms in total. The summed E-state index contributed by atoms with van der Waals surface area (Å²) in [4.78, 5) is 17.1. The number of halogens is 1. The summed E-state index contributed by atoms with van der Waals surface area (Å²) in [5.74, 6) is 0.176. The standard InChI is InChI=1S/C19H21ClN6O/c20-13-5-1-3-7-15(13)23-18(27)17-10-9-12-11-22-19(25-26(12)17)24-16-8-4-2-6-14(16)21/h1,3,5,7,9-11,14,16H,2,4,6,8,21H2,(H,23,27)(H,24,25)/t14-,16+/m0/s1. The van der Waals surface area contributed by atoms with Crippen molar-refractivity contribution in [3.63, 3.8) is 0 Å². The van der Waals surface area contributed by atoms with E-state index in [0.29, 0.717) is 22.4 Å². The summed E-state index contributed by atoms with van der Waals surface area (Å²) in [6.07, 6.45) is 5.98. The van der Waals surface area contributed by atoms with Crippen LogP contribution in [0.15, 0.2) is 42.6 Å². The SMILES string of the molecule is N[C@H]1CCCC[C@H]1Nc1ncc2ccc(C(=O)Nc3ccccc3Cl)n2n1. The van der Waals surface area contributed by atoms with E-state index in [1.807, 2.05) is 12.1 Å². The molecule has 1 fully saturated rings. The average molecular weight is 385 g/mol. The van der Waals surface area contributed by atoms with Gasteiger partial charge in [0.25, 0.3) is 5.91 Å². The number of hydrogen-bond donors (Lipinski definition) is 3. The lowest BCUT2D eigenvalue weighted by Crippen LogP contribution is -2.43. The first-order chi connectivity index (χ1) is 13.1. The highest BCUT2D eigenvalue weighted by Crippen LogP contribution is 2.22. The van der Waals surface area contributed by atoms with Gasteiger partial charge < -0.3 is 16.4 Å². The van der Waals surface area contributed by atoms with Gasteiger partial charge in [-0.1, -0.05) is 36.6 Å². The molecule has 2 aromatic heterocycles. The Morgan fingerprint density at radius 1 is 1.19 bits per heavy atom. The number of rotatable bonds is 4. The molecule has 0 radical (unpaired) electrons. The molecule has 0 saturated heterocycles. The normalized spacial score (nSPS) is 19.8. The van der Waals surface area contributed by atoms with Crippen molar-refractivity contribution in [2.75, 3.05) is 10.6 Å². The third kappa shape index (κ3) is 3.74. The first-order valence-corrected chi connectivity index (χ1v) is 9.42. The van der Waals surface area contributed by atoms with Crippen molar-refractivity contribution < 1.29 is 4.79 Å². The smallest absolute Gasteiger partial charge is 0.274 e. The Morgan fingerprint density at radius 2 is 2.00 bits per heavy atom. The number of aromatic nitrogens is 3. The second-order valence-electron chi connectivity index (χ2n) is 6.77. The topological polar surface area (TPSA) is 97.3 Å². The van der Waals surface area contributed by atoms with Crippen LogP contribution in [-0.2, 0) is 0 Å². The molecular weight excluding hydrogens is 364 g/mol. The lowest BCUT2D eigenvalue weighted by Gasteiger charge is -2.29. The van der Waals surface area contributed by atoms with Crippen LogP contribution in [-0.4, -0.2) is 32.6 Å². The Morgan fingerprint density at radius 3 is 2.81 bits per heavy atom. The van der Waals surface area contributed by atoms with Gasteiger partial charge in [0.2, 0.25) is 5.95 Å². The first kappa shape index (κ1) is 17.8. The molecule has 0 aliphatic heterocycles. The van der Waals surface area contributed by atoms with Gasteiger partial charge in [0.1, 0.15) is 5.69 Å². The number of nitrogens with one attached hydrogen (secondary N) is 2. The molecule has 140 valence electrons. The highest BCUT2D eigenvalue weighted by atomic mass is 35.5. The fourth-order valence-corrected chi connectivity index (χ4v) is 3.58. The van der Waals surface area contributed by atoms with Crippen LogP contribution in [0.25, 0.3) is 5.52 Å². The van der Waals surface area contributed by atoms with E-state index in [-0.39, 0.29) is 18.0 Å². The van der Waals surface area contributed by atoms with Crippen molar-refractivity contribution in [2.45, 2.75) is 37.8 Å². The third-order valence-electron chi connectivity index (χ3n) is 4.89. The van der Waals surface area contributed by atoms with Crippen molar-refractivity contribution in [2.24, 2.45) is 5.73 Å². The lowest BCUT2D eigenvalue weighted by atomic mass is 9.91. The summed E-state index contributed by atoms with van der Waals surface area (Å²) in [5, 5.41) is 11.1. The van der Waals surface area contributed by atoms with Gasteiger partial charge in [-0.2, -0.15) is 0 Å². The van der Waals surface area contributed by atoms with Crippen molar-refractivity contribution in [3.05, 3.63) is 53.3 Å². The fraction of sp³-hybridized carbons (Fsp3) is 0.316. The van der Waals surface area contributed by atoms with Crippen molar-refractivity contribution in [1.82, 2.24) is 14.6 Å².